The molecule has 3 nitrogen and oxygen atoms in total. The zero-order valence-electron chi connectivity index (χ0n) is 15.0. The van der Waals surface area contributed by atoms with E-state index in [1.54, 1.807) is 19.1 Å². The van der Waals surface area contributed by atoms with Gasteiger partial charge in [0.15, 0.2) is 0 Å². The Morgan fingerprint density at radius 1 is 1.16 bits per heavy atom. The Hall–Kier alpha value is -1.65. The molecule has 2 atom stereocenters. The third-order valence-electron chi connectivity index (χ3n) is 3.98. The zero-order chi connectivity index (χ0) is 18.6. The molecule has 2 aromatic rings. The first-order valence-electron chi connectivity index (χ1n) is 8.20. The average Bonchev–Trinajstić information content (AvgIpc) is 2.53. The van der Waals surface area contributed by atoms with Gasteiger partial charge in [-0.05, 0) is 47.7 Å². The van der Waals surface area contributed by atoms with E-state index in [-0.39, 0.29) is 11.3 Å². The predicted molar refractivity (Wildman–Crippen MR) is 107 cm³/mol. The number of carbonyl (C=O) groups excluding carboxylic acids is 1. The van der Waals surface area contributed by atoms with E-state index in [0.717, 1.165) is 5.56 Å². The molecule has 134 valence electrons. The predicted octanol–water partition coefficient (Wildman–Crippen LogP) is 4.91. The van der Waals surface area contributed by atoms with Crippen LogP contribution in [0.1, 0.15) is 38.8 Å². The fraction of sp³-hybridized carbons (Fsp3) is 0.350. The van der Waals surface area contributed by atoms with Gasteiger partial charge in [0.25, 0.3) is 0 Å². The van der Waals surface area contributed by atoms with Crippen molar-refractivity contribution in [3.8, 4) is 0 Å². The number of amides is 1. The maximum Gasteiger partial charge on any atom is 0.239 e. The van der Waals surface area contributed by atoms with E-state index in [4.69, 9.17) is 11.6 Å². The molecule has 0 heterocycles. The van der Waals surface area contributed by atoms with Gasteiger partial charge >= 0.3 is 0 Å². The molecule has 2 unspecified atom stereocenters. The van der Waals surface area contributed by atoms with Crippen LogP contribution in [0.4, 0.5) is 5.69 Å². The van der Waals surface area contributed by atoms with Gasteiger partial charge in [0.1, 0.15) is 5.25 Å². The van der Waals surface area contributed by atoms with E-state index in [1.807, 2.05) is 36.4 Å². The van der Waals surface area contributed by atoms with Gasteiger partial charge in [0, 0.05) is 27.3 Å². The van der Waals surface area contributed by atoms with Crippen LogP contribution in [-0.4, -0.2) is 15.4 Å². The van der Waals surface area contributed by atoms with Crippen LogP contribution in [0.25, 0.3) is 0 Å². The third-order valence-corrected chi connectivity index (χ3v) is 5.84. The van der Waals surface area contributed by atoms with Crippen LogP contribution in [0, 0.1) is 0 Å². The zero-order valence-corrected chi connectivity index (χ0v) is 16.6. The molecule has 0 aromatic heterocycles. The van der Waals surface area contributed by atoms with E-state index in [0.29, 0.717) is 16.5 Å². The van der Waals surface area contributed by atoms with Crippen LogP contribution in [0.3, 0.4) is 0 Å². The number of benzene rings is 2. The van der Waals surface area contributed by atoms with Crippen LogP contribution < -0.4 is 5.32 Å². The van der Waals surface area contributed by atoms with Gasteiger partial charge in [-0.15, -0.1) is 0 Å². The fourth-order valence-electron chi connectivity index (χ4n) is 2.33. The van der Waals surface area contributed by atoms with Gasteiger partial charge in [-0.1, -0.05) is 56.6 Å². The monoisotopic (exact) mass is 377 g/mol. The summed E-state index contributed by atoms with van der Waals surface area (Å²) in [6.07, 6.45) is 0. The van der Waals surface area contributed by atoms with Crippen molar-refractivity contribution < 1.29 is 9.00 Å². The highest BCUT2D eigenvalue weighted by molar-refractivity contribution is 7.85. The Morgan fingerprint density at radius 3 is 2.36 bits per heavy atom. The molecule has 1 amide bonds. The van der Waals surface area contributed by atoms with Crippen LogP contribution in [0.5, 0.6) is 0 Å². The Morgan fingerprint density at radius 2 is 1.80 bits per heavy atom. The highest BCUT2D eigenvalue weighted by atomic mass is 35.5. The van der Waals surface area contributed by atoms with E-state index in [9.17, 15) is 9.00 Å². The normalized spacial score (nSPS) is 14.0. The summed E-state index contributed by atoms with van der Waals surface area (Å²) in [6, 6.07) is 15.0. The summed E-state index contributed by atoms with van der Waals surface area (Å²) >= 11 is 5.94. The Balaban J connectivity index is 1.98. The van der Waals surface area contributed by atoms with Crippen molar-refractivity contribution >= 4 is 34.0 Å². The minimum absolute atomic E-state index is 0.0638. The Kier molecular flexibility index (Phi) is 6.42. The van der Waals surface area contributed by atoms with E-state index < -0.39 is 16.0 Å². The average molecular weight is 378 g/mol. The molecule has 5 heteroatoms. The molecular formula is C20H24ClNO2S. The number of hydrogen-bond donors (Lipinski definition) is 1. The van der Waals surface area contributed by atoms with Crippen molar-refractivity contribution in [2.24, 2.45) is 0 Å². The second-order valence-electron chi connectivity index (χ2n) is 7.11. The van der Waals surface area contributed by atoms with E-state index >= 15 is 0 Å². The van der Waals surface area contributed by atoms with Crippen LogP contribution in [-0.2, 0) is 26.8 Å². The van der Waals surface area contributed by atoms with Crippen LogP contribution in [0.15, 0.2) is 48.5 Å². The number of nitrogens with one attached hydrogen (secondary N) is 1. The largest absolute Gasteiger partial charge is 0.325 e. The summed E-state index contributed by atoms with van der Waals surface area (Å²) in [5.41, 5.74) is 2.83. The van der Waals surface area contributed by atoms with E-state index in [2.05, 4.69) is 26.1 Å². The van der Waals surface area contributed by atoms with Crippen molar-refractivity contribution in [3.05, 3.63) is 64.7 Å². The molecule has 0 bridgehead atoms. The van der Waals surface area contributed by atoms with Crippen LogP contribution >= 0.6 is 11.6 Å². The standard InChI is InChI=1S/C20H24ClNO2S/c1-14(25(24)13-15-6-5-7-17(21)12-15)19(23)22-18-10-8-16(9-11-18)20(2,3)4/h5-12,14H,13H2,1-4H3,(H,22,23). The lowest BCUT2D eigenvalue weighted by molar-refractivity contribution is -0.115. The molecule has 1 N–H and O–H groups in total. The summed E-state index contributed by atoms with van der Waals surface area (Å²) in [5, 5.41) is 2.83. The molecule has 0 saturated heterocycles. The van der Waals surface area contributed by atoms with Crippen molar-refractivity contribution in [2.75, 3.05) is 5.32 Å². The van der Waals surface area contributed by atoms with Crippen molar-refractivity contribution in [1.82, 2.24) is 0 Å². The number of anilines is 1. The van der Waals surface area contributed by atoms with Gasteiger partial charge in [-0.25, -0.2) is 0 Å². The highest BCUT2D eigenvalue weighted by Gasteiger charge is 2.21. The molecule has 2 rings (SSSR count). The minimum Gasteiger partial charge on any atom is -0.325 e. The smallest absolute Gasteiger partial charge is 0.239 e. The van der Waals surface area contributed by atoms with Gasteiger partial charge in [0.2, 0.25) is 5.91 Å². The molecular weight excluding hydrogens is 354 g/mol. The van der Waals surface area contributed by atoms with Gasteiger partial charge < -0.3 is 5.32 Å². The SMILES string of the molecule is CC(C(=O)Nc1ccc(C(C)(C)C)cc1)S(=O)Cc1cccc(Cl)c1. The maximum atomic E-state index is 12.4. The first kappa shape index (κ1) is 19.7. The molecule has 0 fully saturated rings. The minimum atomic E-state index is -1.32. The number of rotatable bonds is 5. The molecule has 0 radical (unpaired) electrons. The van der Waals surface area contributed by atoms with Gasteiger partial charge in [-0.3, -0.25) is 9.00 Å². The topological polar surface area (TPSA) is 46.2 Å². The molecule has 0 aliphatic carbocycles. The Labute approximate surface area is 157 Å². The molecule has 0 spiro atoms. The van der Waals surface area contributed by atoms with Crippen LogP contribution in [0.2, 0.25) is 5.02 Å². The molecule has 0 aliphatic heterocycles. The van der Waals surface area contributed by atoms with Gasteiger partial charge in [-0.2, -0.15) is 0 Å². The summed E-state index contributed by atoms with van der Waals surface area (Å²) in [5.74, 6) is 0.0573. The lowest BCUT2D eigenvalue weighted by Crippen LogP contribution is -2.29. The number of halogens is 1. The molecule has 25 heavy (non-hydrogen) atoms. The van der Waals surface area contributed by atoms with Crippen molar-refractivity contribution in [2.45, 2.75) is 44.1 Å². The first-order valence-corrected chi connectivity index (χ1v) is 9.96. The molecule has 2 aromatic carbocycles. The lowest BCUT2D eigenvalue weighted by Gasteiger charge is -2.19. The van der Waals surface area contributed by atoms with E-state index in [1.165, 1.54) is 5.56 Å². The number of carbonyl (C=O) groups is 1. The fourth-order valence-corrected chi connectivity index (χ4v) is 3.60. The quantitative estimate of drug-likeness (QED) is 0.804. The first-order chi connectivity index (χ1) is 11.7. The van der Waals surface area contributed by atoms with Crippen molar-refractivity contribution in [1.29, 1.82) is 0 Å². The summed E-state index contributed by atoms with van der Waals surface area (Å²) in [7, 11) is -1.32. The molecule has 0 aliphatic rings. The number of hydrogen-bond acceptors (Lipinski definition) is 2. The third kappa shape index (κ3) is 5.68. The highest BCUT2D eigenvalue weighted by Crippen LogP contribution is 2.23. The van der Waals surface area contributed by atoms with Gasteiger partial charge in [0.05, 0.1) is 0 Å². The lowest BCUT2D eigenvalue weighted by atomic mass is 9.87. The Bertz CT molecular complexity index is 766. The maximum absolute atomic E-state index is 12.4. The summed E-state index contributed by atoms with van der Waals surface area (Å²) < 4.78 is 12.4. The second-order valence-corrected chi connectivity index (χ2v) is 9.31. The summed E-state index contributed by atoms with van der Waals surface area (Å²) in [4.78, 5) is 12.4. The van der Waals surface area contributed by atoms with Crippen molar-refractivity contribution in [3.63, 3.8) is 0 Å². The second kappa shape index (κ2) is 8.15. The molecule has 0 saturated carbocycles. The summed E-state index contributed by atoms with van der Waals surface area (Å²) in [6.45, 7) is 8.10.